The second-order valence-corrected chi connectivity index (χ2v) is 7.96. The lowest BCUT2D eigenvalue weighted by Crippen LogP contribution is -2.14. The van der Waals surface area contributed by atoms with Crippen LogP contribution in [0.5, 0.6) is 0 Å². The lowest BCUT2D eigenvalue weighted by molar-refractivity contribution is 0.631. The highest BCUT2D eigenvalue weighted by molar-refractivity contribution is 14.1. The molecule has 4 heteroatoms. The van der Waals surface area contributed by atoms with E-state index in [-0.39, 0.29) is 5.82 Å². The summed E-state index contributed by atoms with van der Waals surface area (Å²) in [5.41, 5.74) is 5.81. The molecular formula is C24H20FIN2. The molecule has 0 aliphatic carbocycles. The van der Waals surface area contributed by atoms with E-state index in [1.54, 1.807) is 12.1 Å². The van der Waals surface area contributed by atoms with Crippen LogP contribution in [0.2, 0.25) is 0 Å². The summed E-state index contributed by atoms with van der Waals surface area (Å²) in [6.45, 7) is 4.94. The molecule has 0 atom stereocenters. The molecule has 0 saturated carbocycles. The summed E-state index contributed by atoms with van der Waals surface area (Å²) in [4.78, 5) is 3.33. The third kappa shape index (κ3) is 3.97. The minimum Gasteiger partial charge on any atom is -0.385 e. The number of rotatable bonds is 6. The molecule has 1 heterocycles. The molecule has 0 bridgehead atoms. The predicted octanol–water partition coefficient (Wildman–Crippen LogP) is 6.38. The van der Waals surface area contributed by atoms with Crippen molar-refractivity contribution < 1.29 is 4.39 Å². The fourth-order valence-electron chi connectivity index (χ4n) is 3.35. The highest BCUT2D eigenvalue weighted by Crippen LogP contribution is 2.24. The Morgan fingerprint density at radius 3 is 2.61 bits per heavy atom. The monoisotopic (exact) mass is 482 g/mol. The van der Waals surface area contributed by atoms with Crippen LogP contribution in [0.15, 0.2) is 79.5 Å². The first-order valence-corrected chi connectivity index (χ1v) is 10.2. The van der Waals surface area contributed by atoms with Crippen LogP contribution in [-0.2, 0) is 6.42 Å². The Balaban J connectivity index is 1.40. The van der Waals surface area contributed by atoms with Crippen molar-refractivity contribution >= 4 is 39.2 Å². The molecule has 28 heavy (non-hydrogen) atoms. The molecule has 2 N–H and O–H groups in total. The summed E-state index contributed by atoms with van der Waals surface area (Å²) >= 11 is 2.34. The summed E-state index contributed by atoms with van der Waals surface area (Å²) in [5, 5.41) is 4.67. The topological polar surface area (TPSA) is 27.8 Å². The van der Waals surface area contributed by atoms with Gasteiger partial charge in [-0.05, 0) is 70.0 Å². The van der Waals surface area contributed by atoms with Gasteiger partial charge < -0.3 is 10.3 Å². The minimum absolute atomic E-state index is 0.208. The van der Waals surface area contributed by atoms with E-state index in [4.69, 9.17) is 0 Å². The number of hydrogen-bond donors (Lipinski definition) is 2. The zero-order chi connectivity index (χ0) is 19.5. The Kier molecular flexibility index (Phi) is 5.48. The Morgan fingerprint density at radius 2 is 1.82 bits per heavy atom. The van der Waals surface area contributed by atoms with Gasteiger partial charge in [-0.15, -0.1) is 0 Å². The van der Waals surface area contributed by atoms with Gasteiger partial charge in [-0.3, -0.25) is 0 Å². The molecule has 0 radical (unpaired) electrons. The first kappa shape index (κ1) is 18.7. The third-order valence-corrected chi connectivity index (χ3v) is 5.55. The Bertz CT molecular complexity index is 1130. The average Bonchev–Trinajstić information content (AvgIpc) is 3.10. The van der Waals surface area contributed by atoms with E-state index in [1.165, 1.54) is 20.6 Å². The van der Waals surface area contributed by atoms with Crippen LogP contribution < -0.4 is 5.32 Å². The molecule has 1 aromatic heterocycles. The van der Waals surface area contributed by atoms with Gasteiger partial charge in [0.15, 0.2) is 0 Å². The molecular weight excluding hydrogens is 462 g/mol. The van der Waals surface area contributed by atoms with Crippen molar-refractivity contribution in [3.63, 3.8) is 0 Å². The van der Waals surface area contributed by atoms with E-state index in [0.29, 0.717) is 5.56 Å². The van der Waals surface area contributed by atoms with Gasteiger partial charge in [0, 0.05) is 38.5 Å². The molecule has 0 amide bonds. The van der Waals surface area contributed by atoms with Crippen molar-refractivity contribution in [2.45, 2.75) is 6.42 Å². The van der Waals surface area contributed by atoms with Crippen LogP contribution in [-0.4, -0.2) is 11.5 Å². The zero-order valence-corrected chi connectivity index (χ0v) is 17.5. The molecule has 0 unspecified atom stereocenters. The second kappa shape index (κ2) is 8.19. The van der Waals surface area contributed by atoms with E-state index in [9.17, 15) is 4.39 Å². The second-order valence-electron chi connectivity index (χ2n) is 6.72. The maximum absolute atomic E-state index is 13.9. The van der Waals surface area contributed by atoms with Crippen LogP contribution in [0.4, 0.5) is 4.39 Å². The smallest absolute Gasteiger partial charge is 0.131 e. The number of benzene rings is 3. The largest absolute Gasteiger partial charge is 0.385 e. The number of H-pyrrole nitrogens is 1. The molecule has 0 aliphatic rings. The number of nitrogens with one attached hydrogen (secondary N) is 2. The standard InChI is InChI=1S/C24H20FIN2/c1-16(17-6-8-18(9-7-17)21-4-2-3-5-23(21)25)27-13-12-19-15-28-24-11-10-20(26)14-22(19)24/h2-11,14-15,27-28H,1,12-13H2. The summed E-state index contributed by atoms with van der Waals surface area (Å²) in [7, 11) is 0. The number of fused-ring (bicyclic) bond motifs is 1. The van der Waals surface area contributed by atoms with Crippen LogP contribution in [0, 0.1) is 9.39 Å². The first-order valence-electron chi connectivity index (χ1n) is 9.15. The van der Waals surface area contributed by atoms with E-state index < -0.39 is 0 Å². The maximum atomic E-state index is 13.9. The Morgan fingerprint density at radius 1 is 1.04 bits per heavy atom. The molecule has 0 fully saturated rings. The highest BCUT2D eigenvalue weighted by Gasteiger charge is 2.07. The fraction of sp³-hybridized carbons (Fsp3) is 0.0833. The average molecular weight is 482 g/mol. The van der Waals surface area contributed by atoms with Gasteiger partial charge >= 0.3 is 0 Å². The zero-order valence-electron chi connectivity index (χ0n) is 15.3. The van der Waals surface area contributed by atoms with Crippen LogP contribution in [0.3, 0.4) is 0 Å². The summed E-state index contributed by atoms with van der Waals surface area (Å²) < 4.78 is 15.2. The lowest BCUT2D eigenvalue weighted by Gasteiger charge is -2.11. The van der Waals surface area contributed by atoms with Crippen molar-refractivity contribution in [2.24, 2.45) is 0 Å². The fourth-order valence-corrected chi connectivity index (χ4v) is 3.85. The van der Waals surface area contributed by atoms with Crippen molar-refractivity contribution in [3.05, 3.63) is 100 Å². The number of hydrogen-bond acceptors (Lipinski definition) is 1. The van der Waals surface area contributed by atoms with Gasteiger partial charge in [0.2, 0.25) is 0 Å². The van der Waals surface area contributed by atoms with Crippen LogP contribution in [0.25, 0.3) is 27.7 Å². The van der Waals surface area contributed by atoms with E-state index in [1.807, 2.05) is 30.3 Å². The Hall–Kier alpha value is -2.60. The quantitative estimate of drug-likeness (QED) is 0.307. The first-order chi connectivity index (χ1) is 13.6. The summed E-state index contributed by atoms with van der Waals surface area (Å²) in [6.07, 6.45) is 2.99. The number of halogens is 2. The highest BCUT2D eigenvalue weighted by atomic mass is 127. The van der Waals surface area contributed by atoms with E-state index in [0.717, 1.165) is 35.3 Å². The van der Waals surface area contributed by atoms with Gasteiger partial charge in [-0.1, -0.05) is 49.0 Å². The number of aromatic nitrogens is 1. The molecule has 0 spiro atoms. The van der Waals surface area contributed by atoms with Gasteiger partial charge in [0.1, 0.15) is 5.82 Å². The van der Waals surface area contributed by atoms with Crippen molar-refractivity contribution in [1.29, 1.82) is 0 Å². The SMILES string of the molecule is C=C(NCCc1c[nH]c2ccc(I)cc12)c1ccc(-c2ccccc2F)cc1. The molecule has 3 aromatic carbocycles. The Labute approximate surface area is 177 Å². The molecule has 0 aliphatic heterocycles. The van der Waals surface area contributed by atoms with E-state index in [2.05, 4.69) is 63.9 Å². The van der Waals surface area contributed by atoms with E-state index >= 15 is 0 Å². The molecule has 2 nitrogen and oxygen atoms in total. The van der Waals surface area contributed by atoms with Gasteiger partial charge in [-0.2, -0.15) is 0 Å². The predicted molar refractivity (Wildman–Crippen MR) is 124 cm³/mol. The van der Waals surface area contributed by atoms with Crippen LogP contribution in [0.1, 0.15) is 11.1 Å². The molecule has 4 aromatic rings. The van der Waals surface area contributed by atoms with Gasteiger partial charge in [-0.25, -0.2) is 4.39 Å². The van der Waals surface area contributed by atoms with Crippen molar-refractivity contribution in [2.75, 3.05) is 6.54 Å². The van der Waals surface area contributed by atoms with Crippen LogP contribution >= 0.6 is 22.6 Å². The molecule has 0 saturated heterocycles. The van der Waals surface area contributed by atoms with Gasteiger partial charge in [0.25, 0.3) is 0 Å². The normalized spacial score (nSPS) is 10.9. The maximum Gasteiger partial charge on any atom is 0.131 e. The molecule has 140 valence electrons. The van der Waals surface area contributed by atoms with Gasteiger partial charge in [0.05, 0.1) is 0 Å². The van der Waals surface area contributed by atoms with Crippen molar-refractivity contribution in [1.82, 2.24) is 10.3 Å². The lowest BCUT2D eigenvalue weighted by atomic mass is 10.0. The molecule has 4 rings (SSSR count). The minimum atomic E-state index is -0.208. The summed E-state index contributed by atoms with van der Waals surface area (Å²) in [6, 6.07) is 21.1. The summed E-state index contributed by atoms with van der Waals surface area (Å²) in [5.74, 6) is -0.208. The number of aromatic amines is 1. The van der Waals surface area contributed by atoms with Crippen molar-refractivity contribution in [3.8, 4) is 11.1 Å². The third-order valence-electron chi connectivity index (χ3n) is 4.88.